The lowest BCUT2D eigenvalue weighted by molar-refractivity contribution is -0.129. The number of benzene rings is 1. The van der Waals surface area contributed by atoms with Crippen LogP contribution in [0.4, 0.5) is 0 Å². The molecule has 0 aliphatic carbocycles. The largest absolute Gasteiger partial charge is 0.493 e. The molecule has 2 amide bonds. The molecule has 0 aliphatic rings. The Balaban J connectivity index is 1.89. The first-order valence-electron chi connectivity index (χ1n) is 7.38. The van der Waals surface area contributed by atoms with E-state index in [1.807, 2.05) is 6.92 Å². The first kappa shape index (κ1) is 16.6. The van der Waals surface area contributed by atoms with Crippen molar-refractivity contribution in [3.8, 4) is 5.75 Å². The Bertz CT molecular complexity index is 652. The summed E-state index contributed by atoms with van der Waals surface area (Å²) in [5.74, 6) is 0.648. The average Bonchev–Trinajstić information content (AvgIpc) is 3.06. The lowest BCUT2D eigenvalue weighted by Gasteiger charge is -2.16. The van der Waals surface area contributed by atoms with Crippen LogP contribution < -0.4 is 10.1 Å². The molecule has 2 aromatic rings. The molecule has 1 heterocycles. The van der Waals surface area contributed by atoms with E-state index in [-0.39, 0.29) is 18.4 Å². The van der Waals surface area contributed by atoms with E-state index in [0.29, 0.717) is 30.2 Å². The number of carbonyl (C=O) groups excluding carboxylic acids is 2. The highest BCUT2D eigenvalue weighted by molar-refractivity contribution is 5.98. The van der Waals surface area contributed by atoms with Crippen molar-refractivity contribution in [1.29, 1.82) is 0 Å². The van der Waals surface area contributed by atoms with Crippen molar-refractivity contribution in [2.24, 2.45) is 0 Å². The predicted octanol–water partition coefficient (Wildman–Crippen LogP) is 2.07. The van der Waals surface area contributed by atoms with Gasteiger partial charge in [-0.3, -0.25) is 9.59 Å². The molecule has 6 heteroatoms. The average molecular weight is 316 g/mol. The quantitative estimate of drug-likeness (QED) is 0.849. The molecule has 0 fully saturated rings. The molecule has 0 saturated heterocycles. The van der Waals surface area contributed by atoms with Crippen LogP contribution in [0.25, 0.3) is 0 Å². The monoisotopic (exact) mass is 316 g/mol. The van der Waals surface area contributed by atoms with Crippen LogP contribution in [0.5, 0.6) is 5.75 Å². The molecule has 0 atom stereocenters. The summed E-state index contributed by atoms with van der Waals surface area (Å²) in [6, 6.07) is 10.5. The van der Waals surface area contributed by atoms with E-state index in [1.54, 1.807) is 49.7 Å². The highest BCUT2D eigenvalue weighted by atomic mass is 16.5. The fourth-order valence-corrected chi connectivity index (χ4v) is 2.05. The minimum atomic E-state index is -0.339. The maximum absolute atomic E-state index is 12.2. The van der Waals surface area contributed by atoms with Crippen LogP contribution in [-0.4, -0.2) is 36.9 Å². The number of para-hydroxylation sites is 1. The molecule has 1 aromatic heterocycles. The van der Waals surface area contributed by atoms with Gasteiger partial charge in [-0.15, -0.1) is 0 Å². The Hall–Kier alpha value is -2.76. The van der Waals surface area contributed by atoms with Gasteiger partial charge >= 0.3 is 0 Å². The van der Waals surface area contributed by atoms with Gasteiger partial charge in [-0.2, -0.15) is 0 Å². The van der Waals surface area contributed by atoms with E-state index >= 15 is 0 Å². The molecule has 0 unspecified atom stereocenters. The molecule has 6 nitrogen and oxygen atoms in total. The Morgan fingerprint density at radius 1 is 1.22 bits per heavy atom. The summed E-state index contributed by atoms with van der Waals surface area (Å²) in [6.45, 7) is 2.59. The van der Waals surface area contributed by atoms with Gasteiger partial charge in [0.25, 0.3) is 5.91 Å². The van der Waals surface area contributed by atoms with Gasteiger partial charge in [0.2, 0.25) is 5.91 Å². The van der Waals surface area contributed by atoms with Crippen molar-refractivity contribution in [2.45, 2.75) is 13.5 Å². The van der Waals surface area contributed by atoms with Crippen LogP contribution in [-0.2, 0) is 11.3 Å². The fourth-order valence-electron chi connectivity index (χ4n) is 2.05. The highest BCUT2D eigenvalue weighted by Crippen LogP contribution is 2.17. The van der Waals surface area contributed by atoms with Crippen LogP contribution in [0.2, 0.25) is 0 Å². The van der Waals surface area contributed by atoms with Crippen molar-refractivity contribution >= 4 is 11.8 Å². The molecule has 1 aromatic carbocycles. The molecule has 2 rings (SSSR count). The third-order valence-electron chi connectivity index (χ3n) is 3.23. The number of likely N-dealkylation sites (N-methyl/N-ethyl adjacent to an activating group) is 1. The zero-order chi connectivity index (χ0) is 16.7. The third-order valence-corrected chi connectivity index (χ3v) is 3.23. The van der Waals surface area contributed by atoms with Crippen molar-refractivity contribution < 1.29 is 18.7 Å². The second-order valence-corrected chi connectivity index (χ2v) is 4.94. The van der Waals surface area contributed by atoms with E-state index in [2.05, 4.69) is 5.32 Å². The maximum Gasteiger partial charge on any atom is 0.255 e. The van der Waals surface area contributed by atoms with Gasteiger partial charge in [-0.05, 0) is 31.2 Å². The summed E-state index contributed by atoms with van der Waals surface area (Å²) in [6.07, 6.45) is 1.56. The van der Waals surface area contributed by atoms with E-state index < -0.39 is 0 Å². The summed E-state index contributed by atoms with van der Waals surface area (Å²) in [4.78, 5) is 25.8. The number of rotatable bonds is 7. The van der Waals surface area contributed by atoms with E-state index in [0.717, 1.165) is 0 Å². The number of hydrogen-bond donors (Lipinski definition) is 1. The molecule has 23 heavy (non-hydrogen) atoms. The standard InChI is InChI=1S/C17H20N2O4/c1-3-22-15-9-5-4-8-14(15)17(21)18-11-16(20)19(2)12-13-7-6-10-23-13/h4-10H,3,11-12H2,1-2H3,(H,18,21). The fraction of sp³-hybridized carbons (Fsp3) is 0.294. The number of hydrogen-bond acceptors (Lipinski definition) is 4. The number of ether oxygens (including phenoxy) is 1. The molecule has 1 N–H and O–H groups in total. The Kier molecular flexibility index (Phi) is 5.80. The summed E-state index contributed by atoms with van der Waals surface area (Å²) >= 11 is 0. The van der Waals surface area contributed by atoms with Crippen LogP contribution >= 0.6 is 0 Å². The molecule has 0 bridgehead atoms. The van der Waals surface area contributed by atoms with Crippen LogP contribution in [0.1, 0.15) is 23.0 Å². The van der Waals surface area contributed by atoms with Crippen LogP contribution in [0.3, 0.4) is 0 Å². The number of nitrogens with zero attached hydrogens (tertiary/aromatic N) is 1. The van der Waals surface area contributed by atoms with E-state index in [9.17, 15) is 9.59 Å². The molecular weight excluding hydrogens is 296 g/mol. The number of furan rings is 1. The van der Waals surface area contributed by atoms with Gasteiger partial charge in [0, 0.05) is 7.05 Å². The third kappa shape index (κ3) is 4.60. The van der Waals surface area contributed by atoms with Gasteiger partial charge in [-0.25, -0.2) is 0 Å². The Morgan fingerprint density at radius 3 is 2.70 bits per heavy atom. The predicted molar refractivity (Wildman–Crippen MR) is 85.1 cm³/mol. The first-order chi connectivity index (χ1) is 11.1. The molecule has 122 valence electrons. The van der Waals surface area contributed by atoms with Crippen molar-refractivity contribution in [2.75, 3.05) is 20.2 Å². The lowest BCUT2D eigenvalue weighted by Crippen LogP contribution is -2.37. The van der Waals surface area contributed by atoms with Gasteiger partial charge in [0.1, 0.15) is 11.5 Å². The van der Waals surface area contributed by atoms with Crippen LogP contribution in [0, 0.1) is 0 Å². The Labute approximate surface area is 135 Å². The second-order valence-electron chi connectivity index (χ2n) is 4.94. The highest BCUT2D eigenvalue weighted by Gasteiger charge is 2.15. The zero-order valence-corrected chi connectivity index (χ0v) is 13.2. The van der Waals surface area contributed by atoms with Crippen LogP contribution in [0.15, 0.2) is 47.1 Å². The smallest absolute Gasteiger partial charge is 0.255 e. The van der Waals surface area contributed by atoms with Gasteiger partial charge in [0.15, 0.2) is 0 Å². The number of nitrogens with one attached hydrogen (secondary N) is 1. The molecule has 0 aliphatic heterocycles. The minimum absolute atomic E-state index is 0.0868. The molecule has 0 saturated carbocycles. The normalized spacial score (nSPS) is 10.2. The summed E-state index contributed by atoms with van der Waals surface area (Å²) in [7, 11) is 1.66. The second kappa shape index (κ2) is 8.03. The van der Waals surface area contributed by atoms with Crippen molar-refractivity contribution in [1.82, 2.24) is 10.2 Å². The van der Waals surface area contributed by atoms with Crippen molar-refractivity contribution in [3.63, 3.8) is 0 Å². The van der Waals surface area contributed by atoms with E-state index in [1.165, 1.54) is 4.90 Å². The van der Waals surface area contributed by atoms with Gasteiger partial charge < -0.3 is 19.4 Å². The summed E-state index contributed by atoms with van der Waals surface area (Å²) < 4.78 is 10.6. The SMILES string of the molecule is CCOc1ccccc1C(=O)NCC(=O)N(C)Cc1ccco1. The van der Waals surface area contributed by atoms with Gasteiger partial charge in [-0.1, -0.05) is 12.1 Å². The number of amides is 2. The summed E-state index contributed by atoms with van der Waals surface area (Å²) in [5, 5.41) is 2.62. The maximum atomic E-state index is 12.2. The molecular formula is C17H20N2O4. The number of carbonyl (C=O) groups is 2. The molecule has 0 spiro atoms. The van der Waals surface area contributed by atoms with Crippen molar-refractivity contribution in [3.05, 3.63) is 54.0 Å². The molecule has 0 radical (unpaired) electrons. The van der Waals surface area contributed by atoms with Gasteiger partial charge in [0.05, 0.1) is 31.5 Å². The van der Waals surface area contributed by atoms with E-state index in [4.69, 9.17) is 9.15 Å². The Morgan fingerprint density at radius 2 is 2.00 bits per heavy atom. The first-order valence-corrected chi connectivity index (χ1v) is 7.38. The topological polar surface area (TPSA) is 71.8 Å². The lowest BCUT2D eigenvalue weighted by atomic mass is 10.2. The minimum Gasteiger partial charge on any atom is -0.493 e. The zero-order valence-electron chi connectivity index (χ0n) is 13.2. The summed E-state index contributed by atoms with van der Waals surface area (Å²) in [5.41, 5.74) is 0.413.